The maximum absolute atomic E-state index is 10.2. The van der Waals surface area contributed by atoms with Gasteiger partial charge in [0.2, 0.25) is 0 Å². The second-order valence-corrected chi connectivity index (χ2v) is 5.56. The number of hydrogen-bond donors (Lipinski definition) is 2. The number of halogens is 1. The van der Waals surface area contributed by atoms with Crippen LogP contribution in [0.3, 0.4) is 0 Å². The summed E-state index contributed by atoms with van der Waals surface area (Å²) in [4.78, 5) is 0. The number of ether oxygens (including phenoxy) is 1. The van der Waals surface area contributed by atoms with Gasteiger partial charge in [0.15, 0.2) is 0 Å². The van der Waals surface area contributed by atoms with Crippen LogP contribution in [0.1, 0.15) is 37.9 Å². The molecule has 1 aromatic rings. The Balaban J connectivity index is 0.00000289. The third-order valence-corrected chi connectivity index (χ3v) is 3.06. The van der Waals surface area contributed by atoms with Crippen molar-refractivity contribution in [3.8, 4) is 5.75 Å². The molecule has 0 fully saturated rings. The molecule has 4 heteroatoms. The molecule has 0 spiro atoms. The van der Waals surface area contributed by atoms with Crippen molar-refractivity contribution in [3.63, 3.8) is 0 Å². The summed E-state index contributed by atoms with van der Waals surface area (Å²) in [5, 5.41) is 10.2. The fraction of sp³-hybridized carbons (Fsp3) is 0.571. The van der Waals surface area contributed by atoms with Crippen molar-refractivity contribution in [2.24, 2.45) is 11.1 Å². The van der Waals surface area contributed by atoms with Crippen LogP contribution in [-0.2, 0) is 0 Å². The molecule has 0 amide bonds. The topological polar surface area (TPSA) is 55.5 Å². The Kier molecular flexibility index (Phi) is 6.14. The second-order valence-electron chi connectivity index (χ2n) is 5.56. The predicted octanol–water partition coefficient (Wildman–Crippen LogP) is 2.83. The Labute approximate surface area is 116 Å². The molecule has 0 aliphatic carbocycles. The van der Waals surface area contributed by atoms with Gasteiger partial charge in [-0.25, -0.2) is 0 Å². The summed E-state index contributed by atoms with van der Waals surface area (Å²) in [6.45, 7) is 7.93. The monoisotopic (exact) mass is 273 g/mol. The highest BCUT2D eigenvalue weighted by Gasteiger charge is 2.29. The van der Waals surface area contributed by atoms with Gasteiger partial charge in [-0.15, -0.1) is 12.4 Å². The summed E-state index contributed by atoms with van der Waals surface area (Å²) < 4.78 is 5.15. The molecule has 104 valence electrons. The summed E-state index contributed by atoms with van der Waals surface area (Å²) >= 11 is 0. The summed E-state index contributed by atoms with van der Waals surface area (Å²) in [5.41, 5.74) is 7.90. The van der Waals surface area contributed by atoms with Crippen molar-refractivity contribution in [1.82, 2.24) is 0 Å². The zero-order valence-corrected chi connectivity index (χ0v) is 12.5. The standard InChI is InChI=1S/C14H23NO2.ClH/c1-9-8-10(17-5)6-7-11(9)12(15)13(16)14(2,3)4;/h6-8,12-13,16H,15H2,1-5H3;1H/t12-,13-;/m0./s1. The van der Waals surface area contributed by atoms with Crippen LogP contribution >= 0.6 is 12.4 Å². The van der Waals surface area contributed by atoms with Gasteiger partial charge in [0.1, 0.15) is 5.75 Å². The van der Waals surface area contributed by atoms with Gasteiger partial charge in [0.25, 0.3) is 0 Å². The number of benzene rings is 1. The maximum Gasteiger partial charge on any atom is 0.119 e. The van der Waals surface area contributed by atoms with Crippen LogP contribution in [0.2, 0.25) is 0 Å². The van der Waals surface area contributed by atoms with E-state index in [9.17, 15) is 5.11 Å². The quantitative estimate of drug-likeness (QED) is 0.890. The molecule has 1 aromatic carbocycles. The summed E-state index contributed by atoms with van der Waals surface area (Å²) in [6, 6.07) is 5.36. The normalized spacial score (nSPS) is 14.6. The minimum Gasteiger partial charge on any atom is -0.497 e. The van der Waals surface area contributed by atoms with Crippen LogP contribution in [-0.4, -0.2) is 18.3 Å². The van der Waals surface area contributed by atoms with Crippen molar-refractivity contribution in [2.45, 2.75) is 39.8 Å². The van der Waals surface area contributed by atoms with Gasteiger partial charge in [-0.3, -0.25) is 0 Å². The van der Waals surface area contributed by atoms with E-state index in [0.717, 1.165) is 16.9 Å². The van der Waals surface area contributed by atoms with Gasteiger partial charge < -0.3 is 15.6 Å². The molecule has 0 radical (unpaired) electrons. The van der Waals surface area contributed by atoms with Crippen LogP contribution in [0.25, 0.3) is 0 Å². The molecular weight excluding hydrogens is 250 g/mol. The van der Waals surface area contributed by atoms with E-state index >= 15 is 0 Å². The molecular formula is C14H24ClNO2. The first kappa shape index (κ1) is 17.2. The first-order chi connectivity index (χ1) is 7.77. The lowest BCUT2D eigenvalue weighted by molar-refractivity contribution is 0.0399. The van der Waals surface area contributed by atoms with Crippen molar-refractivity contribution in [3.05, 3.63) is 29.3 Å². The van der Waals surface area contributed by atoms with Crippen LogP contribution in [0.15, 0.2) is 18.2 Å². The van der Waals surface area contributed by atoms with E-state index in [2.05, 4.69) is 0 Å². The minimum absolute atomic E-state index is 0. The predicted molar refractivity (Wildman–Crippen MR) is 77.4 cm³/mol. The SMILES string of the molecule is COc1ccc([C@H](N)[C@H](O)C(C)(C)C)c(C)c1.Cl. The highest BCUT2D eigenvalue weighted by atomic mass is 35.5. The average Bonchev–Trinajstić information content (AvgIpc) is 2.25. The molecule has 2 atom stereocenters. The van der Waals surface area contributed by atoms with Gasteiger partial charge >= 0.3 is 0 Å². The smallest absolute Gasteiger partial charge is 0.119 e. The summed E-state index contributed by atoms with van der Waals surface area (Å²) in [5.74, 6) is 0.809. The average molecular weight is 274 g/mol. The van der Waals surface area contributed by atoms with Gasteiger partial charge in [-0.05, 0) is 35.6 Å². The lowest BCUT2D eigenvalue weighted by Gasteiger charge is -2.31. The molecule has 0 aromatic heterocycles. The second kappa shape index (κ2) is 6.41. The van der Waals surface area contributed by atoms with E-state index in [1.54, 1.807) is 7.11 Å². The van der Waals surface area contributed by atoms with Crippen molar-refractivity contribution in [2.75, 3.05) is 7.11 Å². The van der Waals surface area contributed by atoms with E-state index in [-0.39, 0.29) is 23.9 Å². The highest BCUT2D eigenvalue weighted by Crippen LogP contribution is 2.31. The zero-order chi connectivity index (χ0) is 13.2. The molecule has 3 N–H and O–H groups in total. The Morgan fingerprint density at radius 3 is 2.22 bits per heavy atom. The summed E-state index contributed by atoms with van der Waals surface area (Å²) in [7, 11) is 1.64. The molecule has 0 heterocycles. The number of hydrogen-bond acceptors (Lipinski definition) is 3. The third-order valence-electron chi connectivity index (χ3n) is 3.06. The first-order valence-electron chi connectivity index (χ1n) is 5.85. The van der Waals surface area contributed by atoms with E-state index < -0.39 is 6.10 Å². The Bertz CT molecular complexity index is 388. The summed E-state index contributed by atoms with van der Waals surface area (Å²) in [6.07, 6.45) is -0.574. The molecule has 0 saturated carbocycles. The molecule has 3 nitrogen and oxygen atoms in total. The number of aliphatic hydroxyl groups excluding tert-OH is 1. The van der Waals surface area contributed by atoms with E-state index in [0.29, 0.717) is 0 Å². The van der Waals surface area contributed by atoms with E-state index in [4.69, 9.17) is 10.5 Å². The molecule has 0 aliphatic rings. The van der Waals surface area contributed by atoms with Gasteiger partial charge in [-0.2, -0.15) is 0 Å². The molecule has 18 heavy (non-hydrogen) atoms. The Hall–Kier alpha value is -0.770. The van der Waals surface area contributed by atoms with Crippen LogP contribution in [0, 0.1) is 12.3 Å². The van der Waals surface area contributed by atoms with Crippen molar-refractivity contribution >= 4 is 12.4 Å². The zero-order valence-electron chi connectivity index (χ0n) is 11.7. The fourth-order valence-corrected chi connectivity index (χ4v) is 1.86. The molecule has 0 saturated heterocycles. The molecule has 0 bridgehead atoms. The van der Waals surface area contributed by atoms with Gasteiger partial charge in [0, 0.05) is 0 Å². The van der Waals surface area contributed by atoms with E-state index in [1.165, 1.54) is 0 Å². The van der Waals surface area contributed by atoms with Crippen molar-refractivity contribution in [1.29, 1.82) is 0 Å². The van der Waals surface area contributed by atoms with Crippen LogP contribution < -0.4 is 10.5 Å². The highest BCUT2D eigenvalue weighted by molar-refractivity contribution is 5.85. The van der Waals surface area contributed by atoms with Crippen LogP contribution in [0.4, 0.5) is 0 Å². The van der Waals surface area contributed by atoms with E-state index in [1.807, 2.05) is 45.9 Å². The number of aliphatic hydroxyl groups is 1. The fourth-order valence-electron chi connectivity index (χ4n) is 1.86. The Morgan fingerprint density at radius 2 is 1.83 bits per heavy atom. The molecule has 0 aliphatic heterocycles. The van der Waals surface area contributed by atoms with Gasteiger partial charge in [0.05, 0.1) is 19.3 Å². The lowest BCUT2D eigenvalue weighted by atomic mass is 9.81. The molecule has 0 unspecified atom stereocenters. The number of rotatable bonds is 3. The largest absolute Gasteiger partial charge is 0.497 e. The Morgan fingerprint density at radius 1 is 1.28 bits per heavy atom. The maximum atomic E-state index is 10.2. The molecule has 1 rings (SSSR count). The third kappa shape index (κ3) is 3.87. The van der Waals surface area contributed by atoms with Crippen molar-refractivity contribution < 1.29 is 9.84 Å². The van der Waals surface area contributed by atoms with Gasteiger partial charge in [-0.1, -0.05) is 26.8 Å². The minimum atomic E-state index is -0.574. The first-order valence-corrected chi connectivity index (χ1v) is 5.85. The number of aryl methyl sites for hydroxylation is 1. The number of nitrogens with two attached hydrogens (primary N) is 1. The van der Waals surface area contributed by atoms with Crippen LogP contribution in [0.5, 0.6) is 5.75 Å². The number of methoxy groups -OCH3 is 1. The lowest BCUT2D eigenvalue weighted by Crippen LogP contribution is -2.37.